The molecule has 2 aromatic rings. The third-order valence-corrected chi connectivity index (χ3v) is 6.72. The molecule has 2 heterocycles. The van der Waals surface area contributed by atoms with Crippen molar-refractivity contribution in [3.63, 3.8) is 0 Å². The molecule has 4 rings (SSSR count). The van der Waals surface area contributed by atoms with Gasteiger partial charge in [0.25, 0.3) is 0 Å². The zero-order chi connectivity index (χ0) is 23.9. The Morgan fingerprint density at radius 1 is 1.12 bits per heavy atom. The van der Waals surface area contributed by atoms with Gasteiger partial charge in [-0.2, -0.15) is 5.10 Å². The van der Waals surface area contributed by atoms with E-state index in [1.165, 1.54) is 26.4 Å². The second kappa shape index (κ2) is 11.2. The van der Waals surface area contributed by atoms with E-state index < -0.39 is 6.09 Å². The maximum absolute atomic E-state index is 11.7. The minimum absolute atomic E-state index is 0.0938. The Kier molecular flexibility index (Phi) is 7.85. The first-order valence-corrected chi connectivity index (χ1v) is 11.9. The van der Waals surface area contributed by atoms with E-state index in [1.54, 1.807) is 0 Å². The van der Waals surface area contributed by atoms with Crippen molar-refractivity contribution in [2.75, 3.05) is 33.4 Å². The first kappa shape index (κ1) is 23.8. The Labute approximate surface area is 201 Å². The molecule has 0 aromatic heterocycles. The van der Waals surface area contributed by atoms with E-state index in [2.05, 4.69) is 27.6 Å². The zero-order valence-corrected chi connectivity index (χ0v) is 19.9. The first-order valence-electron chi connectivity index (χ1n) is 11.9. The zero-order valence-electron chi connectivity index (χ0n) is 19.9. The van der Waals surface area contributed by atoms with Crippen LogP contribution >= 0.6 is 0 Å². The number of aliphatic hydroxyl groups excluding tert-OH is 1. The fourth-order valence-electron chi connectivity index (χ4n) is 4.92. The Hall–Kier alpha value is -3.32. The van der Waals surface area contributed by atoms with Gasteiger partial charge >= 0.3 is 6.09 Å². The Bertz CT molecular complexity index is 1040. The Morgan fingerprint density at radius 3 is 2.56 bits per heavy atom. The van der Waals surface area contributed by atoms with Crippen molar-refractivity contribution in [3.8, 4) is 5.75 Å². The van der Waals surface area contributed by atoms with Crippen LogP contribution in [0.1, 0.15) is 43.2 Å². The number of ether oxygens (including phenoxy) is 2. The topological polar surface area (TPSA) is 83.4 Å². The van der Waals surface area contributed by atoms with Crippen molar-refractivity contribution in [1.29, 1.82) is 0 Å². The molecule has 1 saturated heterocycles. The molecule has 7 heteroatoms. The third kappa shape index (κ3) is 5.42. The van der Waals surface area contributed by atoms with Crippen LogP contribution in [0.25, 0.3) is 5.76 Å². The predicted octanol–water partition coefficient (Wildman–Crippen LogP) is 4.97. The summed E-state index contributed by atoms with van der Waals surface area (Å²) in [6.45, 7) is 5.03. The largest absolute Gasteiger partial charge is 0.507 e. The van der Waals surface area contributed by atoms with Gasteiger partial charge in [-0.05, 0) is 50.6 Å². The number of hydrogen-bond donors (Lipinski definition) is 2. The van der Waals surface area contributed by atoms with Crippen molar-refractivity contribution in [1.82, 2.24) is 10.3 Å². The Balaban J connectivity index is 1.79. The van der Waals surface area contributed by atoms with Crippen LogP contribution in [0.15, 0.2) is 65.3 Å². The average Bonchev–Trinajstić information content (AvgIpc) is 2.89. The molecule has 1 fully saturated rings. The highest BCUT2D eigenvalue weighted by Gasteiger charge is 2.35. The molecule has 2 aromatic carbocycles. The van der Waals surface area contributed by atoms with Crippen molar-refractivity contribution in [2.24, 2.45) is 11.0 Å². The van der Waals surface area contributed by atoms with E-state index in [9.17, 15) is 9.90 Å². The number of methoxy groups -OCH3 is 1. The monoisotopic (exact) mass is 463 g/mol. The van der Waals surface area contributed by atoms with E-state index in [1.807, 2.05) is 49.4 Å². The highest BCUT2D eigenvalue weighted by Crippen LogP contribution is 2.42. The molecule has 0 radical (unpaired) electrons. The number of amides is 1. The minimum atomic E-state index is -0.607. The lowest BCUT2D eigenvalue weighted by Crippen LogP contribution is -2.40. The summed E-state index contributed by atoms with van der Waals surface area (Å²) < 4.78 is 10.8. The number of piperidine rings is 1. The van der Waals surface area contributed by atoms with Gasteiger partial charge in [0.05, 0.1) is 12.7 Å². The molecule has 2 aliphatic heterocycles. The smallest absolute Gasteiger partial charge is 0.427 e. The normalized spacial score (nSPS) is 18.5. The third-order valence-electron chi connectivity index (χ3n) is 6.72. The molecule has 2 N–H and O–H groups in total. The summed E-state index contributed by atoms with van der Waals surface area (Å²) in [7, 11) is 1.32. The summed E-state index contributed by atoms with van der Waals surface area (Å²) in [6, 6.07) is 17.7. The average molecular weight is 464 g/mol. The lowest BCUT2D eigenvalue weighted by atomic mass is 9.76. The summed E-state index contributed by atoms with van der Waals surface area (Å²) in [4.78, 5) is 14.2. The summed E-state index contributed by atoms with van der Waals surface area (Å²) in [6.07, 6.45) is 2.98. The fraction of sp³-hybridized carbons (Fsp3) is 0.407. The van der Waals surface area contributed by atoms with Gasteiger partial charge in [-0.25, -0.2) is 10.2 Å². The molecule has 0 saturated carbocycles. The number of hydrazone groups is 1. The van der Waals surface area contributed by atoms with Crippen LogP contribution in [0, 0.1) is 5.92 Å². The van der Waals surface area contributed by atoms with Crippen molar-refractivity contribution in [2.45, 2.75) is 32.1 Å². The molecule has 34 heavy (non-hydrogen) atoms. The molecule has 0 unspecified atom stereocenters. The van der Waals surface area contributed by atoms with Gasteiger partial charge < -0.3 is 19.5 Å². The van der Waals surface area contributed by atoms with E-state index in [-0.39, 0.29) is 24.2 Å². The number of hydrogen-bond acceptors (Lipinski definition) is 6. The van der Waals surface area contributed by atoms with E-state index in [0.717, 1.165) is 36.5 Å². The van der Waals surface area contributed by atoms with Crippen LogP contribution in [0.3, 0.4) is 0 Å². The number of carbonyl (C=O) groups excluding carboxylic acids is 1. The second-order valence-corrected chi connectivity index (χ2v) is 8.87. The molecule has 2 aliphatic rings. The van der Waals surface area contributed by atoms with E-state index in [4.69, 9.17) is 9.47 Å². The van der Waals surface area contributed by atoms with Gasteiger partial charge in [0.1, 0.15) is 18.1 Å². The lowest BCUT2D eigenvalue weighted by Gasteiger charge is -2.37. The number of likely N-dealkylation sites (tertiary alicyclic amines) is 1. The lowest BCUT2D eigenvalue weighted by molar-refractivity contribution is 0.171. The number of aliphatic hydroxyl groups is 1. The molecule has 0 bridgehead atoms. The molecular weight excluding hydrogens is 430 g/mol. The SMILES string of the molecule is COC(=O)N/N=C(\C)[C@@H](CN1CCCCC1)[C@H](C1=C(O)c2ccccc2OC1)c1ccccc1. The minimum Gasteiger partial charge on any atom is -0.507 e. The standard InChI is InChI=1S/C27H33N3O4/c1-19(28-29-27(32)33-2)22(17-30-15-9-4-10-16-30)25(20-11-5-3-6-12-20)23-18-34-24-14-8-7-13-21(24)26(23)31/h3,5-8,11-14,22,25,31H,4,9-10,15-18H2,1-2H3,(H,29,32)/b28-19+/t22-,25-/m1/s1. The number of nitrogens with one attached hydrogen (secondary N) is 1. The molecule has 7 nitrogen and oxygen atoms in total. The number of carbonyl (C=O) groups is 1. The molecule has 0 aliphatic carbocycles. The van der Waals surface area contributed by atoms with Crippen molar-refractivity contribution < 1.29 is 19.4 Å². The summed E-state index contributed by atoms with van der Waals surface area (Å²) in [5.41, 5.74) is 5.84. The molecule has 2 atom stereocenters. The van der Waals surface area contributed by atoms with Gasteiger partial charge in [0.2, 0.25) is 0 Å². The highest BCUT2D eigenvalue weighted by atomic mass is 16.5. The highest BCUT2D eigenvalue weighted by molar-refractivity contribution is 5.87. The number of fused-ring (bicyclic) bond motifs is 1. The Morgan fingerprint density at radius 2 is 1.82 bits per heavy atom. The maximum Gasteiger partial charge on any atom is 0.427 e. The number of rotatable bonds is 7. The van der Waals surface area contributed by atoms with Gasteiger partial charge in [-0.15, -0.1) is 0 Å². The summed E-state index contributed by atoms with van der Waals surface area (Å²) in [5, 5.41) is 15.8. The number of nitrogens with zero attached hydrogens (tertiary/aromatic N) is 2. The molecule has 0 spiro atoms. The first-order chi connectivity index (χ1) is 16.6. The van der Waals surface area contributed by atoms with Crippen molar-refractivity contribution in [3.05, 3.63) is 71.3 Å². The van der Waals surface area contributed by atoms with Crippen LogP contribution in [0.2, 0.25) is 0 Å². The van der Waals surface area contributed by atoms with Gasteiger partial charge in [0.15, 0.2) is 0 Å². The van der Waals surface area contributed by atoms with Crippen LogP contribution in [-0.2, 0) is 4.74 Å². The fourth-order valence-corrected chi connectivity index (χ4v) is 4.92. The van der Waals surface area contributed by atoms with Gasteiger partial charge in [-0.1, -0.05) is 48.9 Å². The van der Waals surface area contributed by atoms with Crippen LogP contribution < -0.4 is 10.2 Å². The van der Waals surface area contributed by atoms with Crippen LogP contribution in [0.5, 0.6) is 5.75 Å². The summed E-state index contributed by atoms with van der Waals surface area (Å²) in [5.74, 6) is 0.664. The molecule has 1 amide bonds. The van der Waals surface area contributed by atoms with Crippen molar-refractivity contribution >= 4 is 17.6 Å². The van der Waals surface area contributed by atoms with Crippen LogP contribution in [-0.4, -0.2) is 55.2 Å². The molecular formula is C27H33N3O4. The van der Waals surface area contributed by atoms with Gasteiger partial charge in [-0.3, -0.25) is 0 Å². The molecule has 180 valence electrons. The maximum atomic E-state index is 11.7. The van der Waals surface area contributed by atoms with E-state index >= 15 is 0 Å². The van der Waals surface area contributed by atoms with Gasteiger partial charge in [0, 0.05) is 29.7 Å². The quantitative estimate of drug-likeness (QED) is 0.448. The predicted molar refractivity (Wildman–Crippen MR) is 133 cm³/mol. The summed E-state index contributed by atoms with van der Waals surface area (Å²) >= 11 is 0. The van der Waals surface area contributed by atoms with E-state index in [0.29, 0.717) is 11.3 Å². The second-order valence-electron chi connectivity index (χ2n) is 8.87. The number of para-hydroxylation sites is 1. The van der Waals surface area contributed by atoms with Crippen LogP contribution in [0.4, 0.5) is 4.79 Å². The number of benzene rings is 2.